The Morgan fingerprint density at radius 2 is 1.60 bits per heavy atom. The second-order valence-corrected chi connectivity index (χ2v) is 8.65. The highest BCUT2D eigenvalue weighted by atomic mass is 16.2. The molecule has 2 rings (SSSR count). The second kappa shape index (κ2) is 18.2. The summed E-state index contributed by atoms with van der Waals surface area (Å²) in [7, 11) is 0. The summed E-state index contributed by atoms with van der Waals surface area (Å²) >= 11 is 0. The molecule has 5 heteroatoms. The van der Waals surface area contributed by atoms with Gasteiger partial charge in [-0.15, -0.1) is 0 Å². The molecule has 0 unspecified atom stereocenters. The summed E-state index contributed by atoms with van der Waals surface area (Å²) in [4.78, 5) is 30.5. The van der Waals surface area contributed by atoms with E-state index in [0.717, 1.165) is 51.4 Å². The van der Waals surface area contributed by atoms with Crippen molar-refractivity contribution in [3.8, 4) is 0 Å². The summed E-state index contributed by atoms with van der Waals surface area (Å²) in [6.45, 7) is 3.38. The molecular formula is C30H41N3O2. The zero-order valence-corrected chi connectivity index (χ0v) is 21.1. The largest absolute Gasteiger partial charge is 0.352 e. The van der Waals surface area contributed by atoms with E-state index < -0.39 is 0 Å². The van der Waals surface area contributed by atoms with Crippen LogP contribution in [-0.4, -0.2) is 40.8 Å². The van der Waals surface area contributed by atoms with E-state index in [0.29, 0.717) is 25.1 Å². The van der Waals surface area contributed by atoms with Gasteiger partial charge >= 0.3 is 0 Å². The van der Waals surface area contributed by atoms with Crippen molar-refractivity contribution in [3.63, 3.8) is 0 Å². The first kappa shape index (κ1) is 28.0. The highest BCUT2D eigenvalue weighted by molar-refractivity contribution is 5.94. The number of nitrogens with one attached hydrogen (secondary N) is 1. The lowest BCUT2D eigenvalue weighted by atomic mass is 10.2. The molecule has 2 heterocycles. The lowest BCUT2D eigenvalue weighted by molar-refractivity contribution is -0.121. The van der Waals surface area contributed by atoms with Crippen LogP contribution in [0, 0.1) is 0 Å². The molecule has 0 aromatic carbocycles. The quantitative estimate of drug-likeness (QED) is 0.238. The van der Waals surface area contributed by atoms with E-state index in [1.165, 1.54) is 0 Å². The molecule has 1 aliphatic rings. The van der Waals surface area contributed by atoms with E-state index in [9.17, 15) is 9.59 Å². The summed E-state index contributed by atoms with van der Waals surface area (Å²) in [6, 6.07) is 3.58. The van der Waals surface area contributed by atoms with Crippen molar-refractivity contribution in [2.24, 2.45) is 0 Å². The second-order valence-electron chi connectivity index (χ2n) is 8.65. The number of allylic oxidation sites excluding steroid dienone is 10. The zero-order valence-electron chi connectivity index (χ0n) is 21.1. The summed E-state index contributed by atoms with van der Waals surface area (Å²) in [5.74, 6) is 0.0475. The van der Waals surface area contributed by atoms with Gasteiger partial charge in [0.2, 0.25) is 5.91 Å². The average Bonchev–Trinajstić information content (AvgIpc) is 3.34. The average molecular weight is 476 g/mol. The number of unbranched alkanes of at least 4 members (excludes halogenated alkanes) is 1. The first-order valence-corrected chi connectivity index (χ1v) is 12.9. The van der Waals surface area contributed by atoms with Gasteiger partial charge in [0.1, 0.15) is 0 Å². The zero-order chi connectivity index (χ0) is 25.0. The minimum Gasteiger partial charge on any atom is -0.352 e. The Morgan fingerprint density at radius 3 is 2.20 bits per heavy atom. The van der Waals surface area contributed by atoms with Crippen molar-refractivity contribution < 1.29 is 9.59 Å². The molecule has 1 aliphatic heterocycles. The van der Waals surface area contributed by atoms with Crippen molar-refractivity contribution in [1.29, 1.82) is 0 Å². The number of amides is 2. The lowest BCUT2D eigenvalue weighted by Gasteiger charge is -2.17. The highest BCUT2D eigenvalue weighted by Gasteiger charge is 2.27. The van der Waals surface area contributed by atoms with Gasteiger partial charge in [0.15, 0.2) is 0 Å². The van der Waals surface area contributed by atoms with Crippen molar-refractivity contribution in [1.82, 2.24) is 15.2 Å². The normalized spacial score (nSPS) is 16.6. The maximum atomic E-state index is 12.5. The Morgan fingerprint density at radius 1 is 0.971 bits per heavy atom. The third kappa shape index (κ3) is 12.7. The van der Waals surface area contributed by atoms with Crippen molar-refractivity contribution in [2.45, 2.75) is 70.8 Å². The molecule has 0 spiro atoms. The number of hydrogen-bond acceptors (Lipinski definition) is 3. The van der Waals surface area contributed by atoms with Crippen LogP contribution >= 0.6 is 0 Å². The Labute approximate surface area is 211 Å². The van der Waals surface area contributed by atoms with Gasteiger partial charge in [0.05, 0.1) is 5.56 Å². The van der Waals surface area contributed by atoms with Crippen molar-refractivity contribution in [2.75, 3.05) is 13.1 Å². The number of carbonyl (C=O) groups excluding carboxylic acids is 2. The maximum Gasteiger partial charge on any atom is 0.255 e. The van der Waals surface area contributed by atoms with Gasteiger partial charge in [0, 0.05) is 37.9 Å². The van der Waals surface area contributed by atoms with Crippen LogP contribution in [0.5, 0.6) is 0 Å². The minimum atomic E-state index is -0.0201. The molecule has 1 fully saturated rings. The van der Waals surface area contributed by atoms with Crippen LogP contribution in [0.2, 0.25) is 0 Å². The monoisotopic (exact) mass is 475 g/mol. The van der Waals surface area contributed by atoms with E-state index in [2.05, 4.69) is 78.0 Å². The summed E-state index contributed by atoms with van der Waals surface area (Å²) < 4.78 is 0. The summed E-state index contributed by atoms with van der Waals surface area (Å²) in [5.41, 5.74) is 0.594. The topological polar surface area (TPSA) is 62.3 Å². The van der Waals surface area contributed by atoms with E-state index >= 15 is 0 Å². The fourth-order valence-corrected chi connectivity index (χ4v) is 3.78. The number of pyridine rings is 1. The molecule has 1 saturated heterocycles. The molecule has 1 atom stereocenters. The van der Waals surface area contributed by atoms with E-state index in [4.69, 9.17) is 0 Å². The first-order valence-electron chi connectivity index (χ1n) is 12.9. The maximum absolute atomic E-state index is 12.5. The number of rotatable bonds is 15. The molecule has 1 aromatic rings. The standard InChI is InChI=1S/C30H41N3O2/c1-2-3-4-5-6-7-8-9-10-11-12-13-14-15-16-17-18-21-29(34)32-28-22-24-33(26-28)30(35)27-20-19-23-31-25-27/h3-4,6-7,9-10,12-13,15-16,19-20,23,25,28H,2,5,8,11,14,17-18,21-22,24,26H2,1H3,(H,32,34)/b4-3-,7-6-,10-9-,13-12-,16-15-/t28-/m1/s1. The van der Waals surface area contributed by atoms with Crippen LogP contribution in [0.25, 0.3) is 0 Å². The van der Waals surface area contributed by atoms with Crippen LogP contribution in [0.1, 0.15) is 75.1 Å². The molecule has 2 amide bonds. The molecule has 1 aromatic heterocycles. The molecule has 35 heavy (non-hydrogen) atoms. The van der Waals surface area contributed by atoms with Gasteiger partial charge in [-0.3, -0.25) is 14.6 Å². The Hall–Kier alpha value is -3.21. The van der Waals surface area contributed by atoms with Gasteiger partial charge in [-0.2, -0.15) is 0 Å². The molecule has 5 nitrogen and oxygen atoms in total. The number of likely N-dealkylation sites (tertiary alicyclic amines) is 1. The summed E-state index contributed by atoms with van der Waals surface area (Å²) in [6.07, 6.45) is 33.2. The van der Waals surface area contributed by atoms with Gasteiger partial charge in [-0.25, -0.2) is 0 Å². The van der Waals surface area contributed by atoms with Crippen LogP contribution in [0.4, 0.5) is 0 Å². The number of aromatic nitrogens is 1. The number of carbonyl (C=O) groups is 2. The molecule has 0 bridgehead atoms. The van der Waals surface area contributed by atoms with E-state index in [1.54, 1.807) is 29.4 Å². The van der Waals surface area contributed by atoms with Gasteiger partial charge in [0.25, 0.3) is 5.91 Å². The van der Waals surface area contributed by atoms with Crippen LogP contribution in [0.15, 0.2) is 85.3 Å². The first-order chi connectivity index (χ1) is 17.2. The third-order valence-electron chi connectivity index (χ3n) is 5.68. The van der Waals surface area contributed by atoms with Crippen LogP contribution in [-0.2, 0) is 4.79 Å². The Bertz CT molecular complexity index is 884. The van der Waals surface area contributed by atoms with Crippen molar-refractivity contribution >= 4 is 11.8 Å². The molecule has 0 aliphatic carbocycles. The van der Waals surface area contributed by atoms with Crippen molar-refractivity contribution in [3.05, 3.63) is 90.9 Å². The van der Waals surface area contributed by atoms with Gasteiger partial charge in [-0.1, -0.05) is 67.7 Å². The predicted octanol–water partition coefficient (Wildman–Crippen LogP) is 6.33. The third-order valence-corrected chi connectivity index (χ3v) is 5.68. The highest BCUT2D eigenvalue weighted by Crippen LogP contribution is 2.13. The lowest BCUT2D eigenvalue weighted by Crippen LogP contribution is -2.38. The van der Waals surface area contributed by atoms with Crippen LogP contribution < -0.4 is 5.32 Å². The smallest absolute Gasteiger partial charge is 0.255 e. The fourth-order valence-electron chi connectivity index (χ4n) is 3.78. The number of nitrogens with zero attached hydrogens (tertiary/aromatic N) is 2. The molecule has 1 N–H and O–H groups in total. The Balaban J connectivity index is 1.47. The van der Waals surface area contributed by atoms with E-state index in [-0.39, 0.29) is 17.9 Å². The minimum absolute atomic E-state index is 0.0201. The Kier molecular flexibility index (Phi) is 14.5. The van der Waals surface area contributed by atoms with E-state index in [1.807, 2.05) is 0 Å². The SMILES string of the molecule is CC/C=C\C/C=C\C/C=C\C/C=C\C/C=C\CCCC(=O)N[C@@H]1CCN(C(=O)c2cccnc2)C1. The predicted molar refractivity (Wildman–Crippen MR) is 145 cm³/mol. The van der Waals surface area contributed by atoms with Crippen LogP contribution in [0.3, 0.4) is 0 Å². The van der Waals surface area contributed by atoms with Gasteiger partial charge in [-0.05, 0) is 63.5 Å². The number of hydrogen-bond donors (Lipinski definition) is 1. The fraction of sp³-hybridized carbons (Fsp3) is 0.433. The molecular weight excluding hydrogens is 434 g/mol. The van der Waals surface area contributed by atoms with Gasteiger partial charge < -0.3 is 10.2 Å². The summed E-state index contributed by atoms with van der Waals surface area (Å²) in [5, 5.41) is 3.07. The molecule has 188 valence electrons. The molecule has 0 radical (unpaired) electrons. The molecule has 0 saturated carbocycles.